The fourth-order valence-electron chi connectivity index (χ4n) is 2.71. The first kappa shape index (κ1) is 15.1. The molecular weight excluding hydrogens is 274 g/mol. The second-order valence-electron chi connectivity index (χ2n) is 5.60. The minimum atomic E-state index is 0.178. The van der Waals surface area contributed by atoms with E-state index in [-0.39, 0.29) is 6.10 Å². The molecule has 0 radical (unpaired) electrons. The average molecular weight is 297 g/mol. The first-order valence-electron chi connectivity index (χ1n) is 7.96. The molecule has 3 rings (SSSR count). The Morgan fingerprint density at radius 3 is 2.59 bits per heavy atom. The minimum absolute atomic E-state index is 0.178. The molecule has 0 aliphatic carbocycles. The van der Waals surface area contributed by atoms with E-state index < -0.39 is 0 Å². The van der Waals surface area contributed by atoms with Gasteiger partial charge in [0.1, 0.15) is 12.4 Å². The van der Waals surface area contributed by atoms with Gasteiger partial charge in [0.25, 0.3) is 0 Å². The van der Waals surface area contributed by atoms with E-state index in [0.29, 0.717) is 6.61 Å². The molecule has 1 atom stereocenters. The summed E-state index contributed by atoms with van der Waals surface area (Å²) in [5.74, 6) is 0.899. The van der Waals surface area contributed by atoms with E-state index in [9.17, 15) is 0 Å². The van der Waals surface area contributed by atoms with Gasteiger partial charge >= 0.3 is 0 Å². The largest absolute Gasteiger partial charge is 0.489 e. The van der Waals surface area contributed by atoms with Gasteiger partial charge in [-0.1, -0.05) is 49.4 Å². The van der Waals surface area contributed by atoms with E-state index in [0.717, 1.165) is 32.0 Å². The van der Waals surface area contributed by atoms with Gasteiger partial charge in [-0.15, -0.1) is 0 Å². The van der Waals surface area contributed by atoms with Crippen LogP contribution in [-0.4, -0.2) is 31.1 Å². The van der Waals surface area contributed by atoms with E-state index in [1.807, 2.05) is 30.3 Å². The zero-order chi connectivity index (χ0) is 15.2. The van der Waals surface area contributed by atoms with Crippen LogP contribution in [0.25, 0.3) is 0 Å². The van der Waals surface area contributed by atoms with Crippen molar-refractivity contribution in [2.24, 2.45) is 0 Å². The highest BCUT2D eigenvalue weighted by atomic mass is 16.5. The van der Waals surface area contributed by atoms with Gasteiger partial charge < -0.3 is 9.47 Å². The van der Waals surface area contributed by atoms with E-state index >= 15 is 0 Å². The van der Waals surface area contributed by atoms with E-state index in [1.165, 1.54) is 11.1 Å². The highest BCUT2D eigenvalue weighted by Gasteiger charge is 2.20. The summed E-state index contributed by atoms with van der Waals surface area (Å²) < 4.78 is 11.7. The van der Waals surface area contributed by atoms with Gasteiger partial charge in [-0.3, -0.25) is 4.90 Å². The third-order valence-electron chi connectivity index (χ3n) is 4.10. The predicted octanol–water partition coefficient (Wildman–Crippen LogP) is 3.66. The molecule has 1 heterocycles. The first-order chi connectivity index (χ1) is 10.8. The maximum atomic E-state index is 5.88. The maximum Gasteiger partial charge on any atom is 0.119 e. The van der Waals surface area contributed by atoms with Crippen molar-refractivity contribution in [2.75, 3.05) is 26.2 Å². The summed E-state index contributed by atoms with van der Waals surface area (Å²) in [4.78, 5) is 2.42. The van der Waals surface area contributed by atoms with Gasteiger partial charge in [0.05, 0.1) is 12.7 Å². The van der Waals surface area contributed by atoms with Crippen molar-refractivity contribution in [3.05, 3.63) is 65.7 Å². The van der Waals surface area contributed by atoms with Crippen molar-refractivity contribution in [1.29, 1.82) is 0 Å². The summed E-state index contributed by atoms with van der Waals surface area (Å²) >= 11 is 0. The minimum Gasteiger partial charge on any atom is -0.489 e. The van der Waals surface area contributed by atoms with Crippen LogP contribution in [0, 0.1) is 0 Å². The van der Waals surface area contributed by atoms with Crippen LogP contribution in [0.5, 0.6) is 5.75 Å². The number of ether oxygens (including phenoxy) is 2. The Morgan fingerprint density at radius 2 is 1.86 bits per heavy atom. The van der Waals surface area contributed by atoms with Gasteiger partial charge in [-0.2, -0.15) is 0 Å². The van der Waals surface area contributed by atoms with Gasteiger partial charge in [-0.25, -0.2) is 0 Å². The molecule has 1 fully saturated rings. The molecule has 0 bridgehead atoms. The maximum absolute atomic E-state index is 5.88. The Hall–Kier alpha value is -1.84. The standard InChI is InChI=1S/C19H23NO2/c1-2-20-12-13-21-19(14-20)17-8-10-18(11-9-17)22-15-16-6-4-3-5-7-16/h3-11,19H,2,12-15H2,1H3. The fourth-order valence-corrected chi connectivity index (χ4v) is 2.71. The number of hydrogen-bond donors (Lipinski definition) is 0. The molecular formula is C19H23NO2. The number of morpholine rings is 1. The molecule has 3 heteroatoms. The zero-order valence-corrected chi connectivity index (χ0v) is 13.1. The van der Waals surface area contributed by atoms with Crippen LogP contribution in [-0.2, 0) is 11.3 Å². The summed E-state index contributed by atoms with van der Waals surface area (Å²) in [5, 5.41) is 0. The molecule has 0 aromatic heterocycles. The SMILES string of the molecule is CCN1CCOC(c2ccc(OCc3ccccc3)cc2)C1. The van der Waals surface area contributed by atoms with Crippen LogP contribution < -0.4 is 4.74 Å². The fraction of sp³-hybridized carbons (Fsp3) is 0.368. The summed E-state index contributed by atoms with van der Waals surface area (Å²) in [7, 11) is 0. The quantitative estimate of drug-likeness (QED) is 0.840. The molecule has 1 saturated heterocycles. The van der Waals surface area contributed by atoms with Gasteiger partial charge in [0.15, 0.2) is 0 Å². The number of benzene rings is 2. The monoisotopic (exact) mass is 297 g/mol. The molecule has 0 N–H and O–H groups in total. The van der Waals surface area contributed by atoms with Gasteiger partial charge in [-0.05, 0) is 29.8 Å². The normalized spacial score (nSPS) is 19.0. The number of nitrogens with zero attached hydrogens (tertiary/aromatic N) is 1. The lowest BCUT2D eigenvalue weighted by molar-refractivity contribution is -0.0281. The first-order valence-corrected chi connectivity index (χ1v) is 7.96. The van der Waals surface area contributed by atoms with Gasteiger partial charge in [0.2, 0.25) is 0 Å². The smallest absolute Gasteiger partial charge is 0.119 e. The van der Waals surface area contributed by atoms with E-state index in [2.05, 4.69) is 36.1 Å². The molecule has 3 nitrogen and oxygen atoms in total. The lowest BCUT2D eigenvalue weighted by Gasteiger charge is -2.32. The number of likely N-dealkylation sites (N-methyl/N-ethyl adjacent to an activating group) is 1. The molecule has 0 spiro atoms. The molecule has 116 valence electrons. The van der Waals surface area contributed by atoms with Crippen molar-refractivity contribution in [3.8, 4) is 5.75 Å². The Balaban J connectivity index is 1.58. The molecule has 2 aromatic carbocycles. The molecule has 2 aromatic rings. The Bertz CT molecular complexity index is 568. The van der Waals surface area contributed by atoms with E-state index in [4.69, 9.17) is 9.47 Å². The van der Waals surface area contributed by atoms with Crippen molar-refractivity contribution in [1.82, 2.24) is 4.90 Å². The summed E-state index contributed by atoms with van der Waals surface area (Å²) in [6.45, 7) is 6.70. The molecule has 22 heavy (non-hydrogen) atoms. The molecule has 1 aliphatic rings. The molecule has 0 saturated carbocycles. The lowest BCUT2D eigenvalue weighted by atomic mass is 10.1. The second-order valence-corrected chi connectivity index (χ2v) is 5.60. The van der Waals surface area contributed by atoms with E-state index in [1.54, 1.807) is 0 Å². The van der Waals surface area contributed by atoms with Crippen LogP contribution in [0.1, 0.15) is 24.2 Å². The zero-order valence-electron chi connectivity index (χ0n) is 13.1. The molecule has 1 unspecified atom stereocenters. The van der Waals surface area contributed by atoms with Crippen LogP contribution in [0.2, 0.25) is 0 Å². The number of hydrogen-bond acceptors (Lipinski definition) is 3. The molecule has 1 aliphatic heterocycles. The third kappa shape index (κ3) is 3.87. The third-order valence-corrected chi connectivity index (χ3v) is 4.10. The lowest BCUT2D eigenvalue weighted by Crippen LogP contribution is -2.37. The van der Waals surface area contributed by atoms with Crippen molar-refractivity contribution in [3.63, 3.8) is 0 Å². The average Bonchev–Trinajstić information content (AvgIpc) is 2.61. The highest BCUT2D eigenvalue weighted by molar-refractivity contribution is 5.29. The summed E-state index contributed by atoms with van der Waals surface area (Å²) in [6, 6.07) is 18.5. The Kier molecular flexibility index (Phi) is 5.09. The van der Waals surface area contributed by atoms with Crippen molar-refractivity contribution < 1.29 is 9.47 Å². The number of rotatable bonds is 5. The highest BCUT2D eigenvalue weighted by Crippen LogP contribution is 2.24. The van der Waals surface area contributed by atoms with Crippen LogP contribution in [0.3, 0.4) is 0 Å². The molecule has 0 amide bonds. The second kappa shape index (κ2) is 7.43. The van der Waals surface area contributed by atoms with Crippen LogP contribution >= 0.6 is 0 Å². The van der Waals surface area contributed by atoms with Crippen molar-refractivity contribution >= 4 is 0 Å². The van der Waals surface area contributed by atoms with Crippen molar-refractivity contribution in [2.45, 2.75) is 19.6 Å². The van der Waals surface area contributed by atoms with Gasteiger partial charge in [0, 0.05) is 13.1 Å². The summed E-state index contributed by atoms with van der Waals surface area (Å²) in [6.07, 6.45) is 0.178. The van der Waals surface area contributed by atoms with Crippen LogP contribution in [0.15, 0.2) is 54.6 Å². The predicted molar refractivity (Wildman–Crippen MR) is 88.0 cm³/mol. The van der Waals surface area contributed by atoms with Crippen LogP contribution in [0.4, 0.5) is 0 Å². The Morgan fingerprint density at radius 1 is 1.09 bits per heavy atom. The Labute approximate surface area is 132 Å². The summed E-state index contributed by atoms with van der Waals surface area (Å²) in [5.41, 5.74) is 2.41. The topological polar surface area (TPSA) is 21.7 Å².